The topological polar surface area (TPSA) is 97.2 Å². The minimum atomic E-state index is -0.972. The summed E-state index contributed by atoms with van der Waals surface area (Å²) < 4.78 is 5.30. The van der Waals surface area contributed by atoms with Crippen molar-refractivity contribution in [2.45, 2.75) is 25.3 Å². The molecule has 2 aromatic carbocycles. The molecule has 0 saturated heterocycles. The average Bonchev–Trinajstić information content (AvgIpc) is 3.57. The van der Waals surface area contributed by atoms with Gasteiger partial charge >= 0.3 is 5.97 Å². The van der Waals surface area contributed by atoms with E-state index in [0.717, 1.165) is 40.4 Å². The summed E-state index contributed by atoms with van der Waals surface area (Å²) in [6.07, 6.45) is 4.57. The molecule has 0 radical (unpaired) electrons. The highest BCUT2D eigenvalue weighted by Crippen LogP contribution is 2.32. The first-order valence-corrected chi connectivity index (χ1v) is 9.83. The zero-order chi connectivity index (χ0) is 20.7. The molecular weight excluding hydrogens is 380 g/mol. The van der Waals surface area contributed by atoms with E-state index in [2.05, 4.69) is 10.3 Å². The van der Waals surface area contributed by atoms with Gasteiger partial charge in [0.05, 0.1) is 18.2 Å². The maximum atomic E-state index is 11.4. The molecule has 0 amide bonds. The Bertz CT molecular complexity index is 1280. The standard InChI is InChI=1S/C23H20N4O3/c1-30-16-4-2-3-13(9-16)10-20-24-12-18-17-8-5-14(23(28)29)11-19(17)26-22(21(18)27-20)25-15-6-7-15/h2-5,8-9,11-12,15H,6-7,10H2,1H3,(H,25,26)(H,28,29). The number of fused-ring (bicyclic) bond motifs is 3. The van der Waals surface area contributed by atoms with Crippen molar-refractivity contribution in [3.63, 3.8) is 0 Å². The fourth-order valence-electron chi connectivity index (χ4n) is 3.53. The first-order chi connectivity index (χ1) is 14.6. The molecule has 0 spiro atoms. The lowest BCUT2D eigenvalue weighted by molar-refractivity contribution is 0.0697. The third-order valence-electron chi connectivity index (χ3n) is 5.24. The second-order valence-corrected chi connectivity index (χ2v) is 7.49. The minimum absolute atomic E-state index is 0.210. The lowest BCUT2D eigenvalue weighted by Crippen LogP contribution is -2.07. The van der Waals surface area contributed by atoms with Gasteiger partial charge < -0.3 is 15.2 Å². The SMILES string of the molecule is COc1cccc(Cc2ncc3c(n2)c(NC2CC2)nc2cc(C(=O)O)ccc23)c1. The molecule has 2 aromatic heterocycles. The maximum Gasteiger partial charge on any atom is 0.335 e. The number of carbonyl (C=O) groups is 1. The van der Waals surface area contributed by atoms with Crippen LogP contribution in [-0.2, 0) is 6.42 Å². The van der Waals surface area contributed by atoms with Crippen molar-refractivity contribution >= 4 is 33.6 Å². The van der Waals surface area contributed by atoms with E-state index in [9.17, 15) is 9.90 Å². The normalized spacial score (nSPS) is 13.5. The van der Waals surface area contributed by atoms with Gasteiger partial charge in [0, 0.05) is 29.4 Å². The average molecular weight is 400 g/mol. The van der Waals surface area contributed by atoms with Crippen LogP contribution in [-0.4, -0.2) is 39.2 Å². The lowest BCUT2D eigenvalue weighted by Gasteiger charge is -2.12. The summed E-state index contributed by atoms with van der Waals surface area (Å²) in [6, 6.07) is 13.2. The molecule has 0 aliphatic heterocycles. The molecule has 1 saturated carbocycles. The molecule has 0 bridgehead atoms. The predicted molar refractivity (Wildman–Crippen MR) is 114 cm³/mol. The van der Waals surface area contributed by atoms with E-state index >= 15 is 0 Å². The molecule has 0 unspecified atom stereocenters. The molecule has 1 aliphatic rings. The number of benzene rings is 2. The van der Waals surface area contributed by atoms with Crippen LogP contribution in [0.3, 0.4) is 0 Å². The number of aromatic nitrogens is 3. The Hall–Kier alpha value is -3.74. The Kier molecular flexibility index (Phi) is 4.43. The van der Waals surface area contributed by atoms with Crippen molar-refractivity contribution in [1.82, 2.24) is 15.0 Å². The number of anilines is 1. The van der Waals surface area contributed by atoms with Gasteiger partial charge in [0.25, 0.3) is 0 Å². The summed E-state index contributed by atoms with van der Waals surface area (Å²) in [5, 5.41) is 14.5. The molecule has 1 fully saturated rings. The molecule has 2 N–H and O–H groups in total. The van der Waals surface area contributed by atoms with Crippen molar-refractivity contribution in [3.8, 4) is 5.75 Å². The van der Waals surface area contributed by atoms with Crippen molar-refractivity contribution in [1.29, 1.82) is 0 Å². The van der Waals surface area contributed by atoms with Gasteiger partial charge in [-0.2, -0.15) is 0 Å². The van der Waals surface area contributed by atoms with Gasteiger partial charge in [-0.05, 0) is 42.7 Å². The van der Waals surface area contributed by atoms with Crippen LogP contribution in [0.1, 0.15) is 34.6 Å². The molecule has 0 atom stereocenters. The number of carboxylic acids is 1. The van der Waals surface area contributed by atoms with Crippen LogP contribution < -0.4 is 10.1 Å². The van der Waals surface area contributed by atoms with Crippen LogP contribution in [0.15, 0.2) is 48.7 Å². The molecule has 7 heteroatoms. The van der Waals surface area contributed by atoms with Crippen LogP contribution in [0.4, 0.5) is 5.82 Å². The molecule has 5 rings (SSSR count). The quantitative estimate of drug-likeness (QED) is 0.471. The molecule has 30 heavy (non-hydrogen) atoms. The van der Waals surface area contributed by atoms with Gasteiger partial charge in [-0.3, -0.25) is 0 Å². The molecule has 7 nitrogen and oxygen atoms in total. The number of hydrogen-bond donors (Lipinski definition) is 2. The van der Waals surface area contributed by atoms with Gasteiger partial charge in [0.1, 0.15) is 17.1 Å². The van der Waals surface area contributed by atoms with Gasteiger partial charge in [-0.15, -0.1) is 0 Å². The van der Waals surface area contributed by atoms with Crippen molar-refractivity contribution in [2.24, 2.45) is 0 Å². The van der Waals surface area contributed by atoms with Gasteiger partial charge in [-0.25, -0.2) is 19.7 Å². The Labute approximate surface area is 172 Å². The van der Waals surface area contributed by atoms with Gasteiger partial charge in [0.2, 0.25) is 0 Å². The summed E-state index contributed by atoms with van der Waals surface area (Å²) in [6.45, 7) is 0. The van der Waals surface area contributed by atoms with Crippen LogP contribution in [0.2, 0.25) is 0 Å². The number of carboxylic acid groups (broad SMARTS) is 1. The second-order valence-electron chi connectivity index (χ2n) is 7.49. The van der Waals surface area contributed by atoms with Gasteiger partial charge in [-0.1, -0.05) is 18.2 Å². The Morgan fingerprint density at radius 3 is 2.80 bits per heavy atom. The molecule has 2 heterocycles. The van der Waals surface area contributed by atoms with E-state index < -0.39 is 5.97 Å². The lowest BCUT2D eigenvalue weighted by atomic mass is 10.1. The van der Waals surface area contributed by atoms with Crippen LogP contribution in [0.25, 0.3) is 21.8 Å². The van der Waals surface area contributed by atoms with Crippen molar-refractivity contribution in [3.05, 3.63) is 65.6 Å². The summed E-state index contributed by atoms with van der Waals surface area (Å²) in [5.41, 5.74) is 2.65. The minimum Gasteiger partial charge on any atom is -0.497 e. The Morgan fingerprint density at radius 2 is 2.03 bits per heavy atom. The second kappa shape index (κ2) is 7.26. The highest BCUT2D eigenvalue weighted by molar-refractivity contribution is 6.09. The summed E-state index contributed by atoms with van der Waals surface area (Å²) in [7, 11) is 1.65. The fraction of sp³-hybridized carbons (Fsp3) is 0.217. The number of ether oxygens (including phenoxy) is 1. The van der Waals surface area contributed by atoms with E-state index in [1.807, 2.05) is 24.3 Å². The molecule has 1 aliphatic carbocycles. The van der Waals surface area contributed by atoms with E-state index in [0.29, 0.717) is 29.6 Å². The van der Waals surface area contributed by atoms with Crippen molar-refractivity contribution < 1.29 is 14.6 Å². The highest BCUT2D eigenvalue weighted by Gasteiger charge is 2.23. The summed E-state index contributed by atoms with van der Waals surface area (Å²) >= 11 is 0. The molecular formula is C23H20N4O3. The molecule has 150 valence electrons. The summed E-state index contributed by atoms with van der Waals surface area (Å²) in [5.74, 6) is 1.20. The smallest absolute Gasteiger partial charge is 0.335 e. The zero-order valence-electron chi connectivity index (χ0n) is 16.4. The van der Waals surface area contributed by atoms with Crippen molar-refractivity contribution in [2.75, 3.05) is 12.4 Å². The zero-order valence-corrected chi connectivity index (χ0v) is 16.4. The number of nitrogens with zero attached hydrogens (tertiary/aromatic N) is 3. The number of hydrogen-bond acceptors (Lipinski definition) is 6. The fourth-order valence-corrected chi connectivity index (χ4v) is 3.53. The van der Waals surface area contributed by atoms with Gasteiger partial charge in [0.15, 0.2) is 5.82 Å². The molecule has 4 aromatic rings. The van der Waals surface area contributed by atoms with Crippen LogP contribution in [0.5, 0.6) is 5.75 Å². The predicted octanol–water partition coefficient (Wildman–Crippen LogP) is 4.05. The first kappa shape index (κ1) is 18.3. The number of rotatable bonds is 6. The number of pyridine rings is 1. The summed E-state index contributed by atoms with van der Waals surface area (Å²) in [4.78, 5) is 25.5. The van der Waals surface area contributed by atoms with Crippen LogP contribution >= 0.6 is 0 Å². The highest BCUT2D eigenvalue weighted by atomic mass is 16.5. The third kappa shape index (κ3) is 3.50. The number of aromatic carboxylic acids is 1. The number of methoxy groups -OCH3 is 1. The Morgan fingerprint density at radius 1 is 1.17 bits per heavy atom. The largest absolute Gasteiger partial charge is 0.497 e. The van der Waals surface area contributed by atoms with E-state index in [-0.39, 0.29) is 5.56 Å². The third-order valence-corrected chi connectivity index (χ3v) is 5.24. The number of nitrogens with one attached hydrogen (secondary N) is 1. The Balaban J connectivity index is 1.62. The monoisotopic (exact) mass is 400 g/mol. The van der Waals surface area contributed by atoms with E-state index in [1.54, 1.807) is 31.5 Å². The maximum absolute atomic E-state index is 11.4. The van der Waals surface area contributed by atoms with E-state index in [4.69, 9.17) is 14.7 Å². The van der Waals surface area contributed by atoms with E-state index in [1.165, 1.54) is 0 Å². The first-order valence-electron chi connectivity index (χ1n) is 9.83. The van der Waals surface area contributed by atoms with Crippen LogP contribution in [0, 0.1) is 0 Å².